The molecule has 3 aliphatic heterocycles. The molecule has 2 fully saturated rings. The summed E-state index contributed by atoms with van der Waals surface area (Å²) < 4.78 is 74.9. The van der Waals surface area contributed by atoms with Crippen LogP contribution in [0.1, 0.15) is 5.56 Å². The molecule has 0 spiro atoms. The predicted molar refractivity (Wildman–Crippen MR) is 130 cm³/mol. The van der Waals surface area contributed by atoms with Gasteiger partial charge in [0.15, 0.2) is 11.5 Å². The van der Waals surface area contributed by atoms with Crippen LogP contribution in [-0.4, -0.2) is 115 Å². The third-order valence-electron chi connectivity index (χ3n) is 4.73. The Hall–Kier alpha value is -1.78. The number of benzene rings is 1. The Morgan fingerprint density at radius 1 is 1.09 bits per heavy atom. The lowest BCUT2D eigenvalue weighted by Crippen LogP contribution is -2.41. The second kappa shape index (κ2) is 14.1. The highest BCUT2D eigenvalue weighted by atomic mass is 32.2. The molecule has 2 saturated heterocycles. The minimum atomic E-state index is -3.67. The van der Waals surface area contributed by atoms with Crippen molar-refractivity contribution in [3.63, 3.8) is 0 Å². The summed E-state index contributed by atoms with van der Waals surface area (Å²) in [6, 6.07) is 6.07. The van der Waals surface area contributed by atoms with Crippen LogP contribution in [-0.2, 0) is 29.7 Å². The van der Waals surface area contributed by atoms with Crippen LogP contribution in [0.4, 0.5) is 0 Å². The topological polar surface area (TPSA) is 161 Å². The Balaban J connectivity index is 0.000000368. The van der Waals surface area contributed by atoms with Crippen molar-refractivity contribution in [2.24, 2.45) is 0 Å². The highest BCUT2D eigenvalue weighted by molar-refractivity contribution is 7.85. The normalized spacial score (nSPS) is 20.6. The van der Waals surface area contributed by atoms with Gasteiger partial charge in [0, 0.05) is 38.3 Å². The lowest BCUT2D eigenvalue weighted by atomic mass is 10.1. The number of para-hydroxylation sites is 1. The summed E-state index contributed by atoms with van der Waals surface area (Å²) in [5.74, 6) is 1.64. The summed E-state index contributed by atoms with van der Waals surface area (Å²) in [4.78, 5) is 2.41. The van der Waals surface area contributed by atoms with E-state index in [0.717, 1.165) is 69.6 Å². The van der Waals surface area contributed by atoms with Gasteiger partial charge in [0.05, 0.1) is 32.3 Å². The molecule has 14 heteroatoms. The molecule has 12 nitrogen and oxygen atoms in total. The first-order valence-electron chi connectivity index (χ1n) is 10.9. The van der Waals surface area contributed by atoms with Crippen LogP contribution in [0.15, 0.2) is 23.8 Å². The summed E-state index contributed by atoms with van der Waals surface area (Å²) >= 11 is 0. The zero-order valence-corrected chi connectivity index (χ0v) is 21.5. The van der Waals surface area contributed by atoms with Gasteiger partial charge in [-0.3, -0.25) is 14.0 Å². The number of nitrogens with zero attached hydrogens (tertiary/aromatic N) is 1. The lowest BCUT2D eigenvalue weighted by molar-refractivity contribution is -0.000377. The number of rotatable bonds is 5. The Morgan fingerprint density at radius 2 is 1.74 bits per heavy atom. The first kappa shape index (κ1) is 29.5. The molecule has 1 atom stereocenters. The molecule has 0 aromatic heterocycles. The van der Waals surface area contributed by atoms with E-state index in [9.17, 15) is 16.8 Å². The van der Waals surface area contributed by atoms with E-state index in [4.69, 9.17) is 28.1 Å². The smallest absolute Gasteiger partial charge is 0.261 e. The third kappa shape index (κ3) is 13.8. The van der Waals surface area contributed by atoms with E-state index >= 15 is 0 Å². The van der Waals surface area contributed by atoms with Gasteiger partial charge < -0.3 is 24.3 Å². The van der Waals surface area contributed by atoms with Crippen LogP contribution in [0, 0.1) is 0 Å². The fraction of sp³-hybridized carbons (Fsp3) is 0.619. The summed E-state index contributed by atoms with van der Waals surface area (Å²) in [6.45, 7) is 8.20. The van der Waals surface area contributed by atoms with Crippen LogP contribution < -0.4 is 14.8 Å². The Labute approximate surface area is 206 Å². The van der Waals surface area contributed by atoms with Gasteiger partial charge in [0.2, 0.25) is 0 Å². The van der Waals surface area contributed by atoms with Crippen LogP contribution in [0.3, 0.4) is 0 Å². The monoisotopic (exact) mass is 538 g/mol. The Kier molecular flexibility index (Phi) is 11.9. The van der Waals surface area contributed by atoms with Gasteiger partial charge in [0.25, 0.3) is 20.2 Å². The molecule has 0 aliphatic carbocycles. The van der Waals surface area contributed by atoms with Crippen molar-refractivity contribution in [1.29, 1.82) is 0 Å². The van der Waals surface area contributed by atoms with Crippen molar-refractivity contribution in [2.75, 3.05) is 78.3 Å². The van der Waals surface area contributed by atoms with Gasteiger partial charge in [-0.05, 0) is 17.7 Å². The summed E-state index contributed by atoms with van der Waals surface area (Å²) in [7, 11) is -7.33. The summed E-state index contributed by atoms with van der Waals surface area (Å²) in [5.41, 5.74) is 2.39. The van der Waals surface area contributed by atoms with E-state index in [-0.39, 0.29) is 6.10 Å². The van der Waals surface area contributed by atoms with Crippen molar-refractivity contribution < 1.29 is 44.9 Å². The summed E-state index contributed by atoms with van der Waals surface area (Å²) in [6.07, 6.45) is 3.76. The Morgan fingerprint density at radius 3 is 2.34 bits per heavy atom. The molecule has 0 radical (unpaired) electrons. The zero-order chi connectivity index (χ0) is 25.9. The predicted octanol–water partition coefficient (Wildman–Crippen LogP) is 0.170. The second-order valence-electron chi connectivity index (χ2n) is 8.13. The van der Waals surface area contributed by atoms with Crippen molar-refractivity contribution in [1.82, 2.24) is 10.2 Å². The molecule has 0 unspecified atom stereocenters. The number of ether oxygens (including phenoxy) is 4. The molecule has 200 valence electrons. The van der Waals surface area contributed by atoms with Crippen molar-refractivity contribution >= 4 is 26.3 Å². The van der Waals surface area contributed by atoms with Crippen LogP contribution in [0.5, 0.6) is 11.5 Å². The van der Waals surface area contributed by atoms with Crippen molar-refractivity contribution in [3.8, 4) is 11.5 Å². The maximum atomic E-state index is 9.19. The van der Waals surface area contributed by atoms with Crippen LogP contribution in [0.2, 0.25) is 0 Å². The number of hydrogen-bond donors (Lipinski definition) is 3. The van der Waals surface area contributed by atoms with Crippen LogP contribution >= 0.6 is 0 Å². The first-order valence-corrected chi connectivity index (χ1v) is 14.6. The number of fused-ring (bicyclic) bond motifs is 1. The van der Waals surface area contributed by atoms with E-state index in [1.807, 2.05) is 12.1 Å². The van der Waals surface area contributed by atoms with Gasteiger partial charge in [-0.25, -0.2) is 0 Å². The molecule has 3 aliphatic rings. The van der Waals surface area contributed by atoms with Gasteiger partial charge in [-0.2, -0.15) is 16.8 Å². The average molecular weight is 539 g/mol. The van der Waals surface area contributed by atoms with E-state index in [1.165, 1.54) is 5.57 Å². The fourth-order valence-electron chi connectivity index (χ4n) is 3.39. The highest BCUT2D eigenvalue weighted by Gasteiger charge is 2.20. The van der Waals surface area contributed by atoms with E-state index in [2.05, 4.69) is 22.4 Å². The molecule has 0 saturated carbocycles. The average Bonchev–Trinajstić information content (AvgIpc) is 2.77. The van der Waals surface area contributed by atoms with E-state index in [0.29, 0.717) is 25.7 Å². The maximum Gasteiger partial charge on any atom is 0.261 e. The maximum absolute atomic E-state index is 9.19. The molecule has 3 N–H and O–H groups in total. The van der Waals surface area contributed by atoms with Gasteiger partial charge in [0.1, 0.15) is 19.3 Å². The fourth-order valence-corrected chi connectivity index (χ4v) is 3.39. The standard InChI is InChI=1S/C19H26N2O4.2CH4O3S/c1-2-16-10-15(12-21-5-8-22-9-6-21)13-25-19(16)18(3-1)24-14-17-11-20-4-7-23-17;2*1-5(2,3)4/h1-3,10,17,20H,4-9,11-14H2;2*1H3,(H,2,3,4)/t17-;;/m1../s1. The SMILES string of the molecule is C1=C(CN2CCOCC2)COc2c1cccc2OC[C@H]1CNCCO1.CS(=O)(=O)O.CS(=O)(=O)O. The molecule has 1 aromatic carbocycles. The molecule has 3 heterocycles. The molecular weight excluding hydrogens is 504 g/mol. The quantitative estimate of drug-likeness (QED) is 0.437. The second-order valence-corrected chi connectivity index (χ2v) is 11.1. The number of morpholine rings is 2. The lowest BCUT2D eigenvalue weighted by Gasteiger charge is -2.29. The third-order valence-corrected chi connectivity index (χ3v) is 4.73. The molecule has 35 heavy (non-hydrogen) atoms. The molecule has 4 rings (SSSR count). The number of nitrogens with one attached hydrogen (secondary N) is 1. The van der Waals surface area contributed by atoms with Gasteiger partial charge in [-0.15, -0.1) is 0 Å². The minimum absolute atomic E-state index is 0.0978. The van der Waals surface area contributed by atoms with E-state index < -0.39 is 20.2 Å². The minimum Gasteiger partial charge on any atom is -0.487 e. The van der Waals surface area contributed by atoms with Gasteiger partial charge >= 0.3 is 0 Å². The van der Waals surface area contributed by atoms with Crippen LogP contribution in [0.25, 0.3) is 6.08 Å². The highest BCUT2D eigenvalue weighted by Crippen LogP contribution is 2.36. The summed E-state index contributed by atoms with van der Waals surface area (Å²) in [5, 5.41) is 3.32. The zero-order valence-electron chi connectivity index (χ0n) is 19.9. The molecule has 1 aromatic rings. The van der Waals surface area contributed by atoms with Crippen molar-refractivity contribution in [3.05, 3.63) is 29.3 Å². The van der Waals surface area contributed by atoms with E-state index in [1.54, 1.807) is 0 Å². The molecule has 0 amide bonds. The number of hydrogen-bond acceptors (Lipinski definition) is 10. The largest absolute Gasteiger partial charge is 0.487 e. The van der Waals surface area contributed by atoms with Crippen molar-refractivity contribution in [2.45, 2.75) is 6.10 Å². The van der Waals surface area contributed by atoms with Gasteiger partial charge in [-0.1, -0.05) is 12.1 Å². The Bertz CT molecular complexity index is 986. The molecule has 0 bridgehead atoms. The molecular formula is C21H34N2O10S2. The first-order chi connectivity index (χ1) is 16.4.